The Bertz CT molecular complexity index is 815. The Labute approximate surface area is 147 Å². The number of furan rings is 1. The Hall–Kier alpha value is -2.24. The average Bonchev–Trinajstić information content (AvgIpc) is 3.08. The van der Waals surface area contributed by atoms with Crippen LogP contribution >= 0.6 is 0 Å². The monoisotopic (exact) mass is 343 g/mol. The Balaban J connectivity index is 1.42. The number of nitrogens with zero attached hydrogens (tertiary/aromatic N) is 3. The predicted octanol–water partition coefficient (Wildman–Crippen LogP) is 3.58. The highest BCUT2D eigenvalue weighted by Crippen LogP contribution is 2.41. The maximum atomic E-state index is 12.2. The quantitative estimate of drug-likeness (QED) is 0.792. The maximum absolute atomic E-state index is 12.2. The molecule has 2 aliphatic rings. The molecule has 2 saturated heterocycles. The van der Waals surface area contributed by atoms with E-state index in [9.17, 15) is 4.79 Å². The van der Waals surface area contributed by atoms with Gasteiger partial charge in [-0.1, -0.05) is 0 Å². The predicted molar refractivity (Wildman–Crippen MR) is 95.8 cm³/mol. The molecule has 2 aliphatic heterocycles. The van der Waals surface area contributed by atoms with Crippen LogP contribution in [0.25, 0.3) is 11.1 Å². The van der Waals surface area contributed by atoms with Gasteiger partial charge in [0, 0.05) is 37.2 Å². The van der Waals surface area contributed by atoms with Crippen LogP contribution in [0.5, 0.6) is 0 Å². The van der Waals surface area contributed by atoms with E-state index in [1.54, 1.807) is 6.26 Å². The van der Waals surface area contributed by atoms with E-state index < -0.39 is 5.60 Å². The molecule has 2 aromatic heterocycles. The lowest BCUT2D eigenvalue weighted by Crippen LogP contribution is -2.60. The summed E-state index contributed by atoms with van der Waals surface area (Å²) in [5.74, 6) is 0.990. The summed E-state index contributed by atoms with van der Waals surface area (Å²) in [5, 5.41) is 0. The molecule has 0 aliphatic carbocycles. The third-order valence-electron chi connectivity index (χ3n) is 5.05. The number of ether oxygens (including phenoxy) is 1. The zero-order valence-corrected chi connectivity index (χ0v) is 15.3. The molecule has 0 bridgehead atoms. The molecule has 25 heavy (non-hydrogen) atoms. The number of carbonyl (C=O) groups excluding carboxylic acids is 1. The zero-order valence-electron chi connectivity index (χ0n) is 15.3. The van der Waals surface area contributed by atoms with Crippen LogP contribution in [0.3, 0.4) is 0 Å². The van der Waals surface area contributed by atoms with Crippen molar-refractivity contribution in [2.45, 2.75) is 39.7 Å². The number of hydrogen-bond donors (Lipinski definition) is 0. The van der Waals surface area contributed by atoms with Crippen molar-refractivity contribution >= 4 is 23.0 Å². The Morgan fingerprint density at radius 1 is 1.28 bits per heavy atom. The third-order valence-corrected chi connectivity index (χ3v) is 5.05. The van der Waals surface area contributed by atoms with Gasteiger partial charge in [0.1, 0.15) is 16.9 Å². The smallest absolute Gasteiger partial charge is 0.410 e. The summed E-state index contributed by atoms with van der Waals surface area (Å²) in [7, 11) is 0. The molecule has 6 nitrogen and oxygen atoms in total. The molecule has 134 valence electrons. The van der Waals surface area contributed by atoms with Gasteiger partial charge in [0.15, 0.2) is 5.58 Å². The molecule has 0 radical (unpaired) electrons. The minimum absolute atomic E-state index is 0.180. The van der Waals surface area contributed by atoms with E-state index in [0.717, 1.165) is 55.1 Å². The number of anilines is 1. The van der Waals surface area contributed by atoms with E-state index in [2.05, 4.69) is 4.90 Å². The molecule has 0 unspecified atom stereocenters. The molecule has 2 aromatic rings. The van der Waals surface area contributed by atoms with Crippen LogP contribution in [0.1, 0.15) is 32.8 Å². The lowest BCUT2D eigenvalue weighted by Gasteiger charge is -2.47. The molecule has 0 saturated carbocycles. The Morgan fingerprint density at radius 2 is 2.04 bits per heavy atom. The number of likely N-dealkylation sites (tertiary alicyclic amines) is 1. The van der Waals surface area contributed by atoms with Crippen molar-refractivity contribution < 1.29 is 13.9 Å². The van der Waals surface area contributed by atoms with Crippen LogP contribution < -0.4 is 4.90 Å². The van der Waals surface area contributed by atoms with Crippen molar-refractivity contribution in [3.05, 3.63) is 24.0 Å². The molecule has 2 fully saturated rings. The Morgan fingerprint density at radius 3 is 2.76 bits per heavy atom. The highest BCUT2D eigenvalue weighted by Gasteiger charge is 2.50. The molecule has 6 heteroatoms. The topological polar surface area (TPSA) is 58.8 Å². The number of pyridine rings is 1. The fourth-order valence-corrected chi connectivity index (χ4v) is 3.81. The lowest BCUT2D eigenvalue weighted by molar-refractivity contribution is -0.0266. The molecular weight excluding hydrogens is 318 g/mol. The second-order valence-corrected chi connectivity index (χ2v) is 8.44. The molecular formula is C19H25N3O3. The van der Waals surface area contributed by atoms with Gasteiger partial charge in [0.2, 0.25) is 0 Å². The van der Waals surface area contributed by atoms with Gasteiger partial charge >= 0.3 is 6.09 Å². The van der Waals surface area contributed by atoms with Gasteiger partial charge in [0.25, 0.3) is 0 Å². The van der Waals surface area contributed by atoms with Crippen molar-refractivity contribution in [2.75, 3.05) is 31.1 Å². The van der Waals surface area contributed by atoms with E-state index in [-0.39, 0.29) is 11.5 Å². The van der Waals surface area contributed by atoms with Crippen molar-refractivity contribution in [1.29, 1.82) is 0 Å². The normalized spacial score (nSPS) is 19.5. The molecule has 4 rings (SSSR count). The molecule has 4 heterocycles. The largest absolute Gasteiger partial charge is 0.462 e. The minimum atomic E-state index is -0.441. The van der Waals surface area contributed by atoms with Gasteiger partial charge in [-0.25, -0.2) is 9.78 Å². The van der Waals surface area contributed by atoms with Gasteiger partial charge in [-0.2, -0.15) is 0 Å². The average molecular weight is 343 g/mol. The van der Waals surface area contributed by atoms with Gasteiger partial charge in [-0.05, 0) is 46.2 Å². The first kappa shape index (κ1) is 16.2. The zero-order chi connectivity index (χ0) is 17.8. The number of amides is 1. The summed E-state index contributed by atoms with van der Waals surface area (Å²) in [5.41, 5.74) is 2.56. The lowest BCUT2D eigenvalue weighted by atomic mass is 9.79. The van der Waals surface area contributed by atoms with Crippen LogP contribution in [-0.4, -0.2) is 47.8 Å². The van der Waals surface area contributed by atoms with E-state index in [0.29, 0.717) is 0 Å². The molecule has 0 atom stereocenters. The molecule has 0 N–H and O–H groups in total. The molecule has 1 spiro atoms. The van der Waals surface area contributed by atoms with Crippen LogP contribution in [0.4, 0.5) is 10.6 Å². The number of rotatable bonds is 1. The van der Waals surface area contributed by atoms with E-state index >= 15 is 0 Å². The molecule has 0 aromatic carbocycles. The third kappa shape index (κ3) is 2.94. The van der Waals surface area contributed by atoms with Gasteiger partial charge in [0.05, 0.1) is 6.26 Å². The van der Waals surface area contributed by atoms with Gasteiger partial charge in [-0.3, -0.25) is 0 Å². The first-order chi connectivity index (χ1) is 11.7. The maximum Gasteiger partial charge on any atom is 0.410 e. The second kappa shape index (κ2) is 5.38. The highest BCUT2D eigenvalue weighted by atomic mass is 16.6. The summed E-state index contributed by atoms with van der Waals surface area (Å²) in [6.07, 6.45) is 2.62. The fourth-order valence-electron chi connectivity index (χ4n) is 3.81. The van der Waals surface area contributed by atoms with Crippen molar-refractivity contribution in [2.24, 2.45) is 5.41 Å². The summed E-state index contributed by atoms with van der Waals surface area (Å²) < 4.78 is 10.9. The van der Waals surface area contributed by atoms with Crippen molar-refractivity contribution in [1.82, 2.24) is 9.88 Å². The number of aromatic nitrogens is 1. The number of carbonyl (C=O) groups is 1. The van der Waals surface area contributed by atoms with Crippen LogP contribution in [0, 0.1) is 12.3 Å². The van der Waals surface area contributed by atoms with Crippen LogP contribution in [0.2, 0.25) is 0 Å². The summed E-state index contributed by atoms with van der Waals surface area (Å²) in [6.45, 7) is 11.2. The summed E-state index contributed by atoms with van der Waals surface area (Å²) >= 11 is 0. The second-order valence-electron chi connectivity index (χ2n) is 8.44. The number of hydrogen-bond acceptors (Lipinski definition) is 5. The Kier molecular flexibility index (Phi) is 3.49. The first-order valence-corrected chi connectivity index (χ1v) is 8.83. The number of fused-ring (bicyclic) bond motifs is 1. The standard InChI is InChI=1S/C19H25N3O3/c1-13-9-24-14-5-6-15(20-16(13)14)21-8-7-19(10-21)11-22(12-19)17(23)25-18(2,3)4/h5-6,9H,7-8,10-12H2,1-4H3. The SMILES string of the molecule is Cc1coc2ccc(N3CCC4(CN(C(=O)OC(C)(C)C)C4)C3)nc12. The van der Waals surface area contributed by atoms with Crippen LogP contribution in [-0.2, 0) is 4.74 Å². The van der Waals surface area contributed by atoms with Gasteiger partial charge in [-0.15, -0.1) is 0 Å². The van der Waals surface area contributed by atoms with Gasteiger partial charge < -0.3 is 19.0 Å². The summed E-state index contributed by atoms with van der Waals surface area (Å²) in [6, 6.07) is 4.01. The fraction of sp³-hybridized carbons (Fsp3) is 0.579. The molecule has 1 amide bonds. The van der Waals surface area contributed by atoms with E-state index in [1.165, 1.54) is 0 Å². The summed E-state index contributed by atoms with van der Waals surface area (Å²) in [4.78, 5) is 21.1. The highest BCUT2D eigenvalue weighted by molar-refractivity contribution is 5.78. The first-order valence-electron chi connectivity index (χ1n) is 8.83. The van der Waals surface area contributed by atoms with Crippen molar-refractivity contribution in [3.8, 4) is 0 Å². The minimum Gasteiger partial charge on any atom is -0.462 e. The van der Waals surface area contributed by atoms with Crippen molar-refractivity contribution in [3.63, 3.8) is 0 Å². The van der Waals surface area contributed by atoms with E-state index in [4.69, 9.17) is 14.1 Å². The number of aryl methyl sites for hydroxylation is 1. The van der Waals surface area contributed by atoms with E-state index in [1.807, 2.05) is 44.7 Å². The van der Waals surface area contributed by atoms with Crippen LogP contribution in [0.15, 0.2) is 22.8 Å².